The lowest BCUT2D eigenvalue weighted by Crippen LogP contribution is -2.49. The maximum atomic E-state index is 12.4. The highest BCUT2D eigenvalue weighted by molar-refractivity contribution is 7.87. The van der Waals surface area contributed by atoms with E-state index in [4.69, 9.17) is 11.6 Å². The maximum Gasteiger partial charge on any atom is 0.279 e. The molecule has 0 radical (unpaired) electrons. The fourth-order valence-corrected chi connectivity index (χ4v) is 3.38. The monoisotopic (exact) mass is 345 g/mol. The summed E-state index contributed by atoms with van der Waals surface area (Å²) >= 11 is 5.90. The van der Waals surface area contributed by atoms with Crippen LogP contribution in [-0.4, -0.2) is 56.8 Å². The van der Waals surface area contributed by atoms with Gasteiger partial charge in [-0.15, -0.1) is 0 Å². The molecule has 1 aromatic rings. The van der Waals surface area contributed by atoms with Crippen LogP contribution < -0.4 is 4.72 Å². The van der Waals surface area contributed by atoms with Crippen molar-refractivity contribution in [2.75, 3.05) is 27.2 Å². The molecule has 0 unspecified atom stereocenters. The first-order valence-corrected chi connectivity index (χ1v) is 8.86. The van der Waals surface area contributed by atoms with Crippen molar-refractivity contribution in [2.45, 2.75) is 18.9 Å². The van der Waals surface area contributed by atoms with Crippen LogP contribution in [0.25, 0.3) is 0 Å². The number of carbonyl (C=O) groups is 1. The molecule has 1 heterocycles. The topological polar surface area (TPSA) is 69.7 Å². The summed E-state index contributed by atoms with van der Waals surface area (Å²) in [5, 5.41) is 0.527. The molecule has 122 valence electrons. The normalized spacial score (nSPS) is 17.0. The second-order valence-corrected chi connectivity index (χ2v) is 7.83. The van der Waals surface area contributed by atoms with Crippen LogP contribution in [0.2, 0.25) is 5.02 Å². The van der Waals surface area contributed by atoms with Gasteiger partial charge >= 0.3 is 0 Å². The molecule has 8 heteroatoms. The Morgan fingerprint density at radius 2 is 1.95 bits per heavy atom. The fourth-order valence-electron chi connectivity index (χ4n) is 2.32. The van der Waals surface area contributed by atoms with Gasteiger partial charge in [-0.25, -0.2) is 0 Å². The van der Waals surface area contributed by atoms with Gasteiger partial charge in [0, 0.05) is 43.8 Å². The standard InChI is InChI=1S/C14H20ClN3O3S/c1-17(2)22(20,21)16-13-6-8-18(9-7-13)14(19)11-4-3-5-12(15)10-11/h3-5,10,13,16H,6-9H2,1-2H3. The highest BCUT2D eigenvalue weighted by atomic mass is 35.5. The molecule has 0 bridgehead atoms. The van der Waals surface area contributed by atoms with E-state index in [-0.39, 0.29) is 11.9 Å². The number of benzene rings is 1. The highest BCUT2D eigenvalue weighted by Crippen LogP contribution is 2.17. The average Bonchev–Trinajstić information content (AvgIpc) is 2.47. The summed E-state index contributed by atoms with van der Waals surface area (Å²) in [6.45, 7) is 1.04. The van der Waals surface area contributed by atoms with Crippen molar-refractivity contribution in [3.8, 4) is 0 Å². The molecule has 0 spiro atoms. The summed E-state index contributed by atoms with van der Waals surface area (Å²) in [6.07, 6.45) is 1.19. The van der Waals surface area contributed by atoms with Crippen LogP contribution in [0.15, 0.2) is 24.3 Å². The second-order valence-electron chi connectivity index (χ2n) is 5.48. The lowest BCUT2D eigenvalue weighted by atomic mass is 10.0. The van der Waals surface area contributed by atoms with Crippen LogP contribution in [0.1, 0.15) is 23.2 Å². The molecular weight excluding hydrogens is 326 g/mol. The van der Waals surface area contributed by atoms with Crippen molar-refractivity contribution in [1.82, 2.24) is 13.9 Å². The van der Waals surface area contributed by atoms with Crippen LogP contribution in [0.4, 0.5) is 0 Å². The molecule has 1 aromatic carbocycles. The van der Waals surface area contributed by atoms with E-state index in [0.29, 0.717) is 36.5 Å². The van der Waals surface area contributed by atoms with Crippen molar-refractivity contribution in [2.24, 2.45) is 0 Å². The summed E-state index contributed by atoms with van der Waals surface area (Å²) < 4.78 is 27.4. The zero-order valence-electron chi connectivity index (χ0n) is 12.6. The molecule has 0 aromatic heterocycles. The number of nitrogens with zero attached hydrogens (tertiary/aromatic N) is 2. The predicted octanol–water partition coefficient (Wildman–Crippen LogP) is 1.34. The molecule has 1 saturated heterocycles. The van der Waals surface area contributed by atoms with E-state index in [1.165, 1.54) is 14.1 Å². The Balaban J connectivity index is 1.94. The van der Waals surface area contributed by atoms with Gasteiger partial charge < -0.3 is 4.90 Å². The number of rotatable bonds is 4. The van der Waals surface area contributed by atoms with Crippen molar-refractivity contribution in [3.63, 3.8) is 0 Å². The van der Waals surface area contributed by atoms with Crippen molar-refractivity contribution in [1.29, 1.82) is 0 Å². The van der Waals surface area contributed by atoms with Crippen LogP contribution in [0, 0.1) is 0 Å². The maximum absolute atomic E-state index is 12.4. The SMILES string of the molecule is CN(C)S(=O)(=O)NC1CCN(C(=O)c2cccc(Cl)c2)CC1. The van der Waals surface area contributed by atoms with Crippen molar-refractivity contribution < 1.29 is 13.2 Å². The number of likely N-dealkylation sites (tertiary alicyclic amines) is 1. The molecule has 22 heavy (non-hydrogen) atoms. The van der Waals surface area contributed by atoms with Gasteiger partial charge in [0.25, 0.3) is 16.1 Å². The molecule has 1 N–H and O–H groups in total. The van der Waals surface area contributed by atoms with Gasteiger partial charge in [0.05, 0.1) is 0 Å². The largest absolute Gasteiger partial charge is 0.339 e. The third-order valence-electron chi connectivity index (χ3n) is 3.65. The molecule has 6 nitrogen and oxygen atoms in total. The molecule has 1 aliphatic heterocycles. The van der Waals surface area contributed by atoms with Crippen LogP contribution in [-0.2, 0) is 10.2 Å². The Kier molecular flexibility index (Phi) is 5.44. The summed E-state index contributed by atoms with van der Waals surface area (Å²) in [5.41, 5.74) is 0.555. The summed E-state index contributed by atoms with van der Waals surface area (Å²) in [7, 11) is -0.458. The first kappa shape index (κ1) is 17.2. The minimum Gasteiger partial charge on any atom is -0.339 e. The van der Waals surface area contributed by atoms with E-state index in [1.807, 2.05) is 0 Å². The Bertz CT molecular complexity index is 640. The van der Waals surface area contributed by atoms with Gasteiger partial charge in [0.15, 0.2) is 0 Å². The number of hydrogen-bond acceptors (Lipinski definition) is 3. The lowest BCUT2D eigenvalue weighted by molar-refractivity contribution is 0.0711. The van der Waals surface area contributed by atoms with Gasteiger partial charge in [0.1, 0.15) is 0 Å². The van der Waals surface area contributed by atoms with E-state index < -0.39 is 10.2 Å². The Labute approximate surface area is 136 Å². The van der Waals surface area contributed by atoms with Crippen molar-refractivity contribution in [3.05, 3.63) is 34.9 Å². The van der Waals surface area contributed by atoms with Crippen LogP contribution in [0.5, 0.6) is 0 Å². The van der Waals surface area contributed by atoms with E-state index >= 15 is 0 Å². The van der Waals surface area contributed by atoms with Gasteiger partial charge in [0.2, 0.25) is 0 Å². The molecule has 1 fully saturated rings. The Hall–Kier alpha value is -1.15. The molecule has 2 rings (SSSR count). The van der Waals surface area contributed by atoms with E-state index in [9.17, 15) is 13.2 Å². The quantitative estimate of drug-likeness (QED) is 0.895. The summed E-state index contributed by atoms with van der Waals surface area (Å²) in [6, 6.07) is 6.70. The van der Waals surface area contributed by atoms with E-state index in [0.717, 1.165) is 4.31 Å². The number of nitrogens with one attached hydrogen (secondary N) is 1. The van der Waals surface area contributed by atoms with E-state index in [2.05, 4.69) is 4.72 Å². The lowest BCUT2D eigenvalue weighted by Gasteiger charge is -2.32. The Morgan fingerprint density at radius 1 is 1.32 bits per heavy atom. The van der Waals surface area contributed by atoms with Gasteiger partial charge in [-0.1, -0.05) is 17.7 Å². The van der Waals surface area contributed by atoms with Crippen molar-refractivity contribution >= 4 is 27.7 Å². The predicted molar refractivity (Wildman–Crippen MR) is 86.1 cm³/mol. The smallest absolute Gasteiger partial charge is 0.279 e. The highest BCUT2D eigenvalue weighted by Gasteiger charge is 2.27. The molecule has 0 saturated carbocycles. The summed E-state index contributed by atoms with van der Waals surface area (Å²) in [4.78, 5) is 14.1. The molecule has 1 aliphatic rings. The first-order valence-electron chi connectivity index (χ1n) is 7.04. The fraction of sp³-hybridized carbons (Fsp3) is 0.500. The van der Waals surface area contributed by atoms with Gasteiger partial charge in [-0.05, 0) is 31.0 Å². The number of hydrogen-bond donors (Lipinski definition) is 1. The third kappa shape index (κ3) is 4.19. The number of halogens is 1. The molecule has 0 atom stereocenters. The molecule has 0 aliphatic carbocycles. The Morgan fingerprint density at radius 3 is 2.50 bits per heavy atom. The number of piperidine rings is 1. The number of amides is 1. The van der Waals surface area contributed by atoms with E-state index in [1.54, 1.807) is 29.2 Å². The van der Waals surface area contributed by atoms with Gasteiger partial charge in [-0.3, -0.25) is 4.79 Å². The minimum absolute atomic E-state index is 0.0728. The minimum atomic E-state index is -3.43. The second kappa shape index (κ2) is 6.95. The average molecular weight is 346 g/mol. The zero-order valence-corrected chi connectivity index (χ0v) is 14.2. The number of carbonyl (C=O) groups excluding carboxylic acids is 1. The first-order chi connectivity index (χ1) is 10.3. The molecular formula is C14H20ClN3O3S. The van der Waals surface area contributed by atoms with Crippen LogP contribution >= 0.6 is 11.6 Å². The molecule has 1 amide bonds. The zero-order chi connectivity index (χ0) is 16.3. The van der Waals surface area contributed by atoms with Gasteiger partial charge in [-0.2, -0.15) is 17.4 Å². The summed E-state index contributed by atoms with van der Waals surface area (Å²) in [5.74, 6) is -0.0728. The third-order valence-corrected chi connectivity index (χ3v) is 5.48. The van der Waals surface area contributed by atoms with Crippen LogP contribution in [0.3, 0.4) is 0 Å².